The Morgan fingerprint density at radius 3 is 2.32 bits per heavy atom. The smallest absolute Gasteiger partial charge is 0.0130 e. The Kier molecular flexibility index (Phi) is 3.66. The number of rotatable bonds is 4. The molecule has 0 spiro atoms. The molecule has 0 aromatic rings. The number of hydrogen-bond acceptors (Lipinski definition) is 2. The van der Waals surface area contributed by atoms with Crippen molar-refractivity contribution in [2.45, 2.75) is 66.0 Å². The van der Waals surface area contributed by atoms with Crippen LogP contribution in [0.5, 0.6) is 0 Å². The topological polar surface area (TPSA) is 24.1 Å². The van der Waals surface area contributed by atoms with E-state index in [9.17, 15) is 0 Å². The average molecular weight is 305 g/mol. The molecule has 22 heavy (non-hydrogen) atoms. The van der Waals surface area contributed by atoms with Crippen molar-refractivity contribution in [2.24, 2.45) is 46.8 Å². The molecule has 8 atom stereocenters. The van der Waals surface area contributed by atoms with Crippen LogP contribution in [0.2, 0.25) is 0 Å². The van der Waals surface area contributed by atoms with E-state index < -0.39 is 0 Å². The summed E-state index contributed by atoms with van der Waals surface area (Å²) < 4.78 is 0. The van der Waals surface area contributed by atoms with Gasteiger partial charge in [-0.3, -0.25) is 0 Å². The molecule has 2 heteroatoms. The predicted molar refractivity (Wildman–Crippen MR) is 92.7 cm³/mol. The highest BCUT2D eigenvalue weighted by atomic mass is 15.0. The summed E-state index contributed by atoms with van der Waals surface area (Å²) in [6.45, 7) is 14.9. The van der Waals surface area contributed by atoms with E-state index in [-0.39, 0.29) is 0 Å². The van der Waals surface area contributed by atoms with Crippen LogP contribution < -0.4 is 10.6 Å². The molecule has 2 aliphatic heterocycles. The van der Waals surface area contributed by atoms with Gasteiger partial charge in [-0.25, -0.2) is 0 Å². The predicted octanol–water partition coefficient (Wildman–Crippen LogP) is 3.53. The second kappa shape index (κ2) is 5.21. The van der Waals surface area contributed by atoms with Crippen molar-refractivity contribution in [3.05, 3.63) is 0 Å². The highest BCUT2D eigenvalue weighted by molar-refractivity contribution is 5.16. The summed E-state index contributed by atoms with van der Waals surface area (Å²) in [7, 11) is 0. The zero-order chi connectivity index (χ0) is 15.6. The number of piperidine rings is 1. The molecular weight excluding hydrogens is 268 g/mol. The third kappa shape index (κ3) is 2.20. The van der Waals surface area contributed by atoms with E-state index in [1.54, 1.807) is 0 Å². The van der Waals surface area contributed by atoms with Crippen LogP contribution in [0.15, 0.2) is 0 Å². The van der Waals surface area contributed by atoms with Crippen LogP contribution in [0.25, 0.3) is 0 Å². The lowest BCUT2D eigenvalue weighted by Gasteiger charge is -2.29. The second-order valence-corrected chi connectivity index (χ2v) is 9.94. The molecule has 4 aliphatic rings. The van der Waals surface area contributed by atoms with Gasteiger partial charge in [-0.2, -0.15) is 0 Å². The van der Waals surface area contributed by atoms with Gasteiger partial charge in [-0.05, 0) is 79.2 Å². The largest absolute Gasteiger partial charge is 0.313 e. The Bertz CT molecular complexity index is 429. The van der Waals surface area contributed by atoms with Crippen LogP contribution in [0, 0.1) is 46.8 Å². The van der Waals surface area contributed by atoms with Gasteiger partial charge in [0, 0.05) is 12.1 Å². The van der Waals surface area contributed by atoms with Gasteiger partial charge in [0.05, 0.1) is 0 Å². The lowest BCUT2D eigenvalue weighted by molar-refractivity contribution is 0.240. The maximum absolute atomic E-state index is 3.86. The molecule has 8 unspecified atom stereocenters. The van der Waals surface area contributed by atoms with Crippen molar-refractivity contribution >= 4 is 0 Å². The molecule has 126 valence electrons. The van der Waals surface area contributed by atoms with E-state index in [1.165, 1.54) is 32.4 Å². The molecule has 4 fully saturated rings. The first-order valence-corrected chi connectivity index (χ1v) is 9.88. The average Bonchev–Trinajstić information content (AvgIpc) is 2.95. The normalized spacial score (nSPS) is 50.2. The highest BCUT2D eigenvalue weighted by Gasteiger charge is 2.64. The summed E-state index contributed by atoms with van der Waals surface area (Å²) in [6.07, 6.45) is 4.44. The van der Waals surface area contributed by atoms with Crippen LogP contribution in [-0.2, 0) is 0 Å². The molecule has 0 amide bonds. The molecule has 0 aromatic carbocycles. The van der Waals surface area contributed by atoms with E-state index in [1.807, 2.05) is 0 Å². The molecule has 0 aromatic heterocycles. The van der Waals surface area contributed by atoms with E-state index in [0.29, 0.717) is 5.41 Å². The number of hydrogen-bond donors (Lipinski definition) is 2. The van der Waals surface area contributed by atoms with Gasteiger partial charge >= 0.3 is 0 Å². The molecule has 2 N–H and O–H groups in total. The Balaban J connectivity index is 1.37. The van der Waals surface area contributed by atoms with Crippen LogP contribution >= 0.6 is 0 Å². The molecule has 2 aliphatic carbocycles. The highest BCUT2D eigenvalue weighted by Crippen LogP contribution is 2.63. The maximum Gasteiger partial charge on any atom is 0.0130 e. The summed E-state index contributed by atoms with van der Waals surface area (Å²) in [4.78, 5) is 0. The summed E-state index contributed by atoms with van der Waals surface area (Å²) in [6, 6.07) is 1.59. The van der Waals surface area contributed by atoms with Crippen molar-refractivity contribution in [3.63, 3.8) is 0 Å². The zero-order valence-electron chi connectivity index (χ0n) is 15.2. The Hall–Kier alpha value is -0.0800. The van der Waals surface area contributed by atoms with Gasteiger partial charge in [0.1, 0.15) is 0 Å². The molecular formula is C20H36N2. The Morgan fingerprint density at radius 2 is 1.68 bits per heavy atom. The van der Waals surface area contributed by atoms with Crippen molar-refractivity contribution in [2.75, 3.05) is 13.1 Å². The fourth-order valence-corrected chi connectivity index (χ4v) is 6.85. The Morgan fingerprint density at radius 1 is 0.955 bits per heavy atom. The van der Waals surface area contributed by atoms with Gasteiger partial charge in [-0.1, -0.05) is 34.6 Å². The summed E-state index contributed by atoms with van der Waals surface area (Å²) >= 11 is 0. The number of nitrogens with one attached hydrogen (secondary N) is 2. The second-order valence-electron chi connectivity index (χ2n) is 9.94. The molecule has 0 radical (unpaired) electrons. The van der Waals surface area contributed by atoms with Crippen molar-refractivity contribution < 1.29 is 0 Å². The van der Waals surface area contributed by atoms with Crippen LogP contribution in [0.4, 0.5) is 0 Å². The van der Waals surface area contributed by atoms with E-state index >= 15 is 0 Å². The standard InChI is InChI=1S/C20H36N2/c1-11(2)18-14-7-6-13(15(14)9-21-18)8-12(3)19-17-16(10-22-19)20(17,4)5/h11-19,21-22H,6-10H2,1-5H3. The van der Waals surface area contributed by atoms with Gasteiger partial charge in [0.25, 0.3) is 0 Å². The number of fused-ring (bicyclic) bond motifs is 2. The van der Waals surface area contributed by atoms with Crippen LogP contribution in [0.1, 0.15) is 53.9 Å². The van der Waals surface area contributed by atoms with Gasteiger partial charge in [0.15, 0.2) is 0 Å². The minimum Gasteiger partial charge on any atom is -0.313 e. The zero-order valence-corrected chi connectivity index (χ0v) is 15.2. The molecule has 2 saturated carbocycles. The van der Waals surface area contributed by atoms with E-state index in [0.717, 1.165) is 53.5 Å². The third-order valence-electron chi connectivity index (χ3n) is 8.18. The van der Waals surface area contributed by atoms with E-state index in [4.69, 9.17) is 0 Å². The lowest BCUT2D eigenvalue weighted by Crippen LogP contribution is -2.37. The fraction of sp³-hybridized carbons (Fsp3) is 1.00. The first-order chi connectivity index (χ1) is 10.4. The minimum atomic E-state index is 0.625. The van der Waals surface area contributed by atoms with Crippen molar-refractivity contribution in [1.29, 1.82) is 0 Å². The maximum atomic E-state index is 3.86. The first kappa shape index (κ1) is 15.4. The lowest BCUT2D eigenvalue weighted by atomic mass is 9.80. The molecule has 2 heterocycles. The van der Waals surface area contributed by atoms with Gasteiger partial charge in [0.2, 0.25) is 0 Å². The quantitative estimate of drug-likeness (QED) is 0.830. The van der Waals surface area contributed by atoms with Crippen LogP contribution in [0.3, 0.4) is 0 Å². The molecule has 2 saturated heterocycles. The molecule has 0 bridgehead atoms. The van der Waals surface area contributed by atoms with Crippen molar-refractivity contribution in [1.82, 2.24) is 10.6 Å². The summed E-state index contributed by atoms with van der Waals surface area (Å²) in [5.41, 5.74) is 0.625. The van der Waals surface area contributed by atoms with Crippen LogP contribution in [-0.4, -0.2) is 25.2 Å². The minimum absolute atomic E-state index is 0.625. The SMILES string of the molecule is CC(C)C1NCC2C(CC(C)C3NCC4C3C4(C)C)CCC21. The molecule has 2 nitrogen and oxygen atoms in total. The Labute approximate surface area is 137 Å². The summed E-state index contributed by atoms with van der Waals surface area (Å²) in [5.74, 6) is 6.52. The van der Waals surface area contributed by atoms with E-state index in [2.05, 4.69) is 45.3 Å². The van der Waals surface area contributed by atoms with Gasteiger partial charge in [-0.15, -0.1) is 0 Å². The van der Waals surface area contributed by atoms with Crippen molar-refractivity contribution in [3.8, 4) is 0 Å². The fourth-order valence-electron chi connectivity index (χ4n) is 6.85. The first-order valence-electron chi connectivity index (χ1n) is 9.88. The monoisotopic (exact) mass is 304 g/mol. The van der Waals surface area contributed by atoms with Gasteiger partial charge < -0.3 is 10.6 Å². The molecule has 4 rings (SSSR count). The summed E-state index contributed by atoms with van der Waals surface area (Å²) in [5, 5.41) is 7.70. The third-order valence-corrected chi connectivity index (χ3v) is 8.18.